The van der Waals surface area contributed by atoms with Crippen LogP contribution in [0.1, 0.15) is 38.3 Å². The third kappa shape index (κ3) is 3.80. The van der Waals surface area contributed by atoms with Gasteiger partial charge in [0.05, 0.1) is 11.1 Å². The van der Waals surface area contributed by atoms with Gasteiger partial charge >= 0.3 is 11.9 Å². The minimum Gasteiger partial charge on any atom is -0.478 e. The normalized spacial score (nSPS) is 17.8. The van der Waals surface area contributed by atoms with Gasteiger partial charge in [-0.3, -0.25) is 0 Å². The van der Waals surface area contributed by atoms with Crippen LogP contribution >= 0.6 is 0 Å². The Morgan fingerprint density at radius 2 is 1.40 bits per heavy atom. The fourth-order valence-corrected chi connectivity index (χ4v) is 3.60. The van der Waals surface area contributed by atoms with Crippen molar-refractivity contribution in [1.82, 2.24) is 0 Å². The van der Waals surface area contributed by atoms with Gasteiger partial charge in [-0.25, -0.2) is 9.59 Å². The molecule has 0 bridgehead atoms. The molecule has 0 saturated carbocycles. The van der Waals surface area contributed by atoms with Gasteiger partial charge in [-0.2, -0.15) is 0 Å². The number of hydrogen-bond donors (Lipinski definition) is 1. The second kappa shape index (κ2) is 8.21. The minimum atomic E-state index is -1.17. The number of carboxylic acid groups (broad SMARTS) is 1. The van der Waals surface area contributed by atoms with E-state index in [1.807, 2.05) is 78.9 Å². The molecule has 0 spiro atoms. The largest absolute Gasteiger partial charge is 0.478 e. The highest BCUT2D eigenvalue weighted by atomic mass is 16.6. The number of hydrogen-bond acceptors (Lipinski definition) is 3. The third-order valence-corrected chi connectivity index (χ3v) is 5.18. The number of aromatic carboxylic acids is 1. The van der Waals surface area contributed by atoms with Crippen molar-refractivity contribution < 1.29 is 19.4 Å². The van der Waals surface area contributed by atoms with Crippen LogP contribution in [0.15, 0.2) is 103 Å². The van der Waals surface area contributed by atoms with Gasteiger partial charge in [0.15, 0.2) is 5.60 Å². The van der Waals surface area contributed by atoms with Gasteiger partial charge in [-0.05, 0) is 34.9 Å². The van der Waals surface area contributed by atoms with Gasteiger partial charge in [0.25, 0.3) is 0 Å². The van der Waals surface area contributed by atoms with Gasteiger partial charge in [-0.1, -0.05) is 84.9 Å². The molecule has 30 heavy (non-hydrogen) atoms. The zero-order valence-electron chi connectivity index (χ0n) is 16.2. The first-order valence-electron chi connectivity index (χ1n) is 9.65. The molecule has 0 fully saturated rings. The molecule has 0 aromatic heterocycles. The van der Waals surface area contributed by atoms with E-state index in [0.29, 0.717) is 6.42 Å². The predicted molar refractivity (Wildman–Crippen MR) is 115 cm³/mol. The summed E-state index contributed by atoms with van der Waals surface area (Å²) in [6, 6.07) is 25.6. The van der Waals surface area contributed by atoms with Crippen molar-refractivity contribution in [2.75, 3.05) is 0 Å². The van der Waals surface area contributed by atoms with Crippen molar-refractivity contribution >= 4 is 17.5 Å². The van der Waals surface area contributed by atoms with E-state index in [-0.39, 0.29) is 11.1 Å². The van der Waals surface area contributed by atoms with Gasteiger partial charge in [0.1, 0.15) is 0 Å². The average molecular weight is 396 g/mol. The van der Waals surface area contributed by atoms with Crippen molar-refractivity contribution in [3.8, 4) is 0 Å². The third-order valence-electron chi connectivity index (χ3n) is 5.18. The molecule has 0 aliphatic heterocycles. The Morgan fingerprint density at radius 1 is 0.800 bits per heavy atom. The average Bonchev–Trinajstić information content (AvgIpc) is 2.80. The summed E-state index contributed by atoms with van der Waals surface area (Å²) in [5.74, 6) is -1.83. The smallest absolute Gasteiger partial charge is 0.340 e. The number of carbonyl (C=O) groups is 2. The first-order chi connectivity index (χ1) is 14.6. The first kappa shape index (κ1) is 19.4. The number of esters is 1. The summed E-state index contributed by atoms with van der Waals surface area (Å²) in [6.45, 7) is 0. The van der Waals surface area contributed by atoms with E-state index in [4.69, 9.17) is 4.74 Å². The van der Waals surface area contributed by atoms with E-state index < -0.39 is 17.5 Å². The lowest BCUT2D eigenvalue weighted by atomic mass is 9.84. The summed E-state index contributed by atoms with van der Waals surface area (Å²) in [6.07, 6.45) is 6.31. The molecule has 148 valence electrons. The Balaban J connectivity index is 1.70. The zero-order chi connectivity index (χ0) is 21.0. The lowest BCUT2D eigenvalue weighted by molar-refractivity contribution is 0.00224. The van der Waals surface area contributed by atoms with Crippen LogP contribution in [-0.4, -0.2) is 17.0 Å². The lowest BCUT2D eigenvalue weighted by Gasteiger charge is -2.33. The quantitative estimate of drug-likeness (QED) is 0.580. The van der Waals surface area contributed by atoms with Crippen molar-refractivity contribution in [2.24, 2.45) is 0 Å². The summed E-state index contributed by atoms with van der Waals surface area (Å²) in [7, 11) is 0. The van der Waals surface area contributed by atoms with Crippen LogP contribution in [0.5, 0.6) is 0 Å². The number of rotatable bonds is 5. The highest BCUT2D eigenvalue weighted by molar-refractivity contribution is 6.02. The van der Waals surface area contributed by atoms with Gasteiger partial charge in [0, 0.05) is 6.42 Å². The maximum atomic E-state index is 13.0. The first-order valence-corrected chi connectivity index (χ1v) is 9.65. The van der Waals surface area contributed by atoms with E-state index in [9.17, 15) is 14.7 Å². The summed E-state index contributed by atoms with van der Waals surface area (Å²) in [5.41, 5.74) is 1.90. The molecule has 1 N–H and O–H groups in total. The zero-order valence-corrected chi connectivity index (χ0v) is 16.2. The Morgan fingerprint density at radius 3 is 2.00 bits per heavy atom. The summed E-state index contributed by atoms with van der Waals surface area (Å²) >= 11 is 0. The van der Waals surface area contributed by atoms with E-state index in [1.54, 1.807) is 12.1 Å². The maximum Gasteiger partial charge on any atom is 0.340 e. The lowest BCUT2D eigenvalue weighted by Crippen LogP contribution is -2.32. The molecule has 1 aliphatic rings. The molecule has 4 nitrogen and oxygen atoms in total. The summed E-state index contributed by atoms with van der Waals surface area (Å²) in [4.78, 5) is 24.6. The van der Waals surface area contributed by atoms with Crippen LogP contribution in [0, 0.1) is 0 Å². The second-order valence-electron chi connectivity index (χ2n) is 7.06. The number of allylic oxidation sites excluding steroid dienone is 2. The Labute approximate surface area is 174 Å². The topological polar surface area (TPSA) is 63.6 Å². The van der Waals surface area contributed by atoms with E-state index in [0.717, 1.165) is 16.7 Å². The van der Waals surface area contributed by atoms with Gasteiger partial charge < -0.3 is 9.84 Å². The Hall–Kier alpha value is -3.92. The summed E-state index contributed by atoms with van der Waals surface area (Å²) in [5, 5.41) is 9.43. The van der Waals surface area contributed by atoms with Crippen LogP contribution < -0.4 is 0 Å². The van der Waals surface area contributed by atoms with Crippen LogP contribution in [0.3, 0.4) is 0 Å². The van der Waals surface area contributed by atoms with Gasteiger partial charge in [0.2, 0.25) is 0 Å². The molecule has 3 aromatic rings. The Kier molecular flexibility index (Phi) is 5.31. The molecule has 0 amide bonds. The molecular weight excluding hydrogens is 376 g/mol. The molecule has 1 unspecified atom stereocenters. The van der Waals surface area contributed by atoms with Crippen LogP contribution in [-0.2, 0) is 10.3 Å². The molecule has 0 saturated heterocycles. The SMILES string of the molecule is O=C(O)c1ccccc1C(=O)OC1(c2ccccc2)C=CC(c2ccccc2)=CC1. The standard InChI is InChI=1S/C26H20O4/c27-24(28)22-13-7-8-14-23(22)25(29)30-26(21-11-5-2-6-12-21)17-15-20(16-18-26)19-9-3-1-4-10-19/h1-17H,18H2,(H,27,28). The molecule has 4 rings (SSSR count). The summed E-state index contributed by atoms with van der Waals surface area (Å²) < 4.78 is 5.99. The van der Waals surface area contributed by atoms with Crippen molar-refractivity contribution in [3.63, 3.8) is 0 Å². The van der Waals surface area contributed by atoms with Gasteiger partial charge in [-0.15, -0.1) is 0 Å². The molecular formula is C26H20O4. The molecule has 3 aromatic carbocycles. The number of benzene rings is 3. The molecule has 1 aliphatic carbocycles. The number of carbonyl (C=O) groups excluding carboxylic acids is 1. The number of carboxylic acids is 1. The fourth-order valence-electron chi connectivity index (χ4n) is 3.60. The molecule has 0 radical (unpaired) electrons. The predicted octanol–water partition coefficient (Wildman–Crippen LogP) is 5.48. The van der Waals surface area contributed by atoms with Crippen molar-refractivity contribution in [1.29, 1.82) is 0 Å². The van der Waals surface area contributed by atoms with Crippen molar-refractivity contribution in [3.05, 3.63) is 125 Å². The highest BCUT2D eigenvalue weighted by Crippen LogP contribution is 2.38. The van der Waals surface area contributed by atoms with Crippen LogP contribution in [0.4, 0.5) is 0 Å². The molecule has 4 heteroatoms. The monoisotopic (exact) mass is 396 g/mol. The van der Waals surface area contributed by atoms with Crippen molar-refractivity contribution in [2.45, 2.75) is 12.0 Å². The number of ether oxygens (including phenoxy) is 1. The van der Waals surface area contributed by atoms with Crippen LogP contribution in [0.25, 0.3) is 5.57 Å². The molecule has 0 heterocycles. The second-order valence-corrected chi connectivity index (χ2v) is 7.06. The minimum absolute atomic E-state index is 0.0338. The fraction of sp³-hybridized carbons (Fsp3) is 0.0769. The van der Waals surface area contributed by atoms with Crippen LogP contribution in [0.2, 0.25) is 0 Å². The van der Waals surface area contributed by atoms with E-state index in [2.05, 4.69) is 0 Å². The van der Waals surface area contributed by atoms with E-state index >= 15 is 0 Å². The highest BCUT2D eigenvalue weighted by Gasteiger charge is 2.36. The molecule has 1 atom stereocenters. The maximum absolute atomic E-state index is 13.0. The van der Waals surface area contributed by atoms with E-state index in [1.165, 1.54) is 12.1 Å². The Bertz CT molecular complexity index is 1130.